The zero-order chi connectivity index (χ0) is 35.5. The third-order valence-corrected chi connectivity index (χ3v) is 13.0. The first kappa shape index (κ1) is 45.1. The number of aliphatic hydroxyl groups excluding tert-OH is 2. The van der Waals surface area contributed by atoms with Gasteiger partial charge in [-0.15, -0.1) is 0 Å². The zero-order valence-corrected chi connectivity index (χ0v) is 30.4. The van der Waals surface area contributed by atoms with Crippen molar-refractivity contribution >= 4 is 66.8 Å². The number of amides is 1. The molecule has 1 amide bonds. The Morgan fingerprint density at radius 2 is 1.28 bits per heavy atom. The molecule has 12 N–H and O–H groups in total. The Balaban J connectivity index is 4.80. The Morgan fingerprint density at radius 1 is 0.826 bits per heavy atom. The second-order valence-corrected chi connectivity index (χ2v) is 17.5. The van der Waals surface area contributed by atoms with E-state index in [2.05, 4.69) is 21.6 Å². The first-order chi connectivity index (χ1) is 21.3. The first-order valence-electron chi connectivity index (χ1n) is 14.5. The third kappa shape index (κ3) is 19.2. The monoisotopic (exact) mass is 736 g/mol. The molecule has 0 aromatic heterocycles. The van der Waals surface area contributed by atoms with Gasteiger partial charge in [0.05, 0.1) is 6.04 Å². The van der Waals surface area contributed by atoms with Gasteiger partial charge in [-0.25, -0.2) is 0 Å². The molecule has 46 heavy (non-hydrogen) atoms. The number of aliphatic carboxylic acids is 2. The lowest BCUT2D eigenvalue weighted by Crippen LogP contribution is -2.48. The predicted octanol–water partition coefficient (Wildman–Crippen LogP) is -0.111. The first-order valence-corrected chi connectivity index (χ1v) is 19.1. The highest BCUT2D eigenvalue weighted by atomic mass is 33.1. The Labute approximate surface area is 286 Å². The van der Waals surface area contributed by atoms with Gasteiger partial charge in [0.1, 0.15) is 17.9 Å². The van der Waals surface area contributed by atoms with Crippen molar-refractivity contribution in [3.8, 4) is 0 Å². The number of rotatable bonds is 28. The van der Waals surface area contributed by atoms with E-state index >= 15 is 0 Å². The molecule has 0 heterocycles. The lowest BCUT2D eigenvalue weighted by molar-refractivity contribution is -0.178. The van der Waals surface area contributed by atoms with Crippen LogP contribution < -0.4 is 33.1 Å². The van der Waals surface area contributed by atoms with Crippen LogP contribution >= 0.6 is 43.2 Å². The molecule has 0 bridgehead atoms. The van der Waals surface area contributed by atoms with Gasteiger partial charge in [-0.3, -0.25) is 24.1 Å². The summed E-state index contributed by atoms with van der Waals surface area (Å²) >= 11 is 0. The highest BCUT2D eigenvalue weighted by Gasteiger charge is 2.34. The lowest BCUT2D eigenvalue weighted by atomic mass is 10.0. The quantitative estimate of drug-likeness (QED) is 0.0217. The van der Waals surface area contributed by atoms with Crippen LogP contribution in [0, 0.1) is 5.92 Å². The van der Waals surface area contributed by atoms with Crippen LogP contribution in [0.15, 0.2) is 0 Å². The molecule has 0 aliphatic heterocycles. The van der Waals surface area contributed by atoms with Crippen molar-refractivity contribution in [1.29, 1.82) is 0 Å². The van der Waals surface area contributed by atoms with Crippen LogP contribution in [-0.2, 0) is 28.9 Å². The molecule has 0 rings (SSSR count). The van der Waals surface area contributed by atoms with Crippen LogP contribution in [0.3, 0.4) is 0 Å². The molecular weight excluding hydrogens is 685 g/mol. The normalized spacial score (nSPS) is 16.2. The number of ketones is 1. The van der Waals surface area contributed by atoms with E-state index in [1.54, 1.807) is 34.7 Å². The predicted molar refractivity (Wildman–Crippen MR) is 184 cm³/mol. The van der Waals surface area contributed by atoms with Crippen LogP contribution in [0.5, 0.6) is 0 Å². The molecule has 0 aromatic rings. The largest absolute Gasteiger partial charge is 0.480 e. The van der Waals surface area contributed by atoms with Crippen LogP contribution in [0.1, 0.15) is 53.9 Å². The molecule has 0 fully saturated rings. The lowest BCUT2D eigenvalue weighted by Gasteiger charge is -2.27. The Bertz CT molecular complexity index is 940. The number of aliphatic hydroxyl groups is 2. The van der Waals surface area contributed by atoms with Crippen molar-refractivity contribution < 1.29 is 49.3 Å². The summed E-state index contributed by atoms with van der Waals surface area (Å²) in [5, 5.41) is 44.9. The average Bonchev–Trinajstić information content (AvgIpc) is 2.96. The maximum absolute atomic E-state index is 12.9. The summed E-state index contributed by atoms with van der Waals surface area (Å²) in [4.78, 5) is 57.4. The average molecular weight is 737 g/mol. The second-order valence-electron chi connectivity index (χ2n) is 11.4. The van der Waals surface area contributed by atoms with Gasteiger partial charge >= 0.3 is 11.9 Å². The smallest absolute Gasteiger partial charge is 0.321 e. The zero-order valence-electron chi connectivity index (χ0n) is 27.1. The molecule has 0 aromatic carbocycles. The summed E-state index contributed by atoms with van der Waals surface area (Å²) in [5.41, 5.74) is 16.7. The van der Waals surface area contributed by atoms with Crippen molar-refractivity contribution in [2.75, 3.05) is 38.2 Å². The van der Waals surface area contributed by atoms with Gasteiger partial charge in [0.15, 0.2) is 12.6 Å². The maximum Gasteiger partial charge on any atom is 0.321 e. The number of Topliss-reactive ketones (excluding diaryl/α,β-unsaturated/α-hetero) is 1. The fraction of sp³-hybridized carbons (Fsp3) is 0.846. The summed E-state index contributed by atoms with van der Waals surface area (Å²) in [6.45, 7) is 9.16. The number of nitrogens with one attached hydrogen (secondary N) is 4. The summed E-state index contributed by atoms with van der Waals surface area (Å²) in [6, 6.07) is -3.01. The van der Waals surface area contributed by atoms with E-state index < -0.39 is 64.0 Å². The molecule has 0 radical (unpaired) electrons. The van der Waals surface area contributed by atoms with E-state index in [-0.39, 0.29) is 38.1 Å². The summed E-state index contributed by atoms with van der Waals surface area (Å²) < 4.78 is -1.41. The van der Waals surface area contributed by atoms with Crippen LogP contribution in [0.25, 0.3) is 0 Å². The minimum absolute atomic E-state index is 0.0854. The maximum atomic E-state index is 12.9. The summed E-state index contributed by atoms with van der Waals surface area (Å²) in [6.07, 6.45) is -2.83. The highest BCUT2D eigenvalue weighted by molar-refractivity contribution is 8.77. The minimum atomic E-state index is -1.49. The van der Waals surface area contributed by atoms with Gasteiger partial charge in [0, 0.05) is 59.4 Å². The SMILES string of the molecule is CNCC(CC(=O)NC(CCC(C)=O)C(O)ONCCSSC(C)(C)[C@H](N)C(=O)O)C(O)ONCCSSC(C)(C)[C@H](N)C(=O)O. The third-order valence-electron chi connectivity index (χ3n) is 6.38. The van der Waals surface area contributed by atoms with Crippen molar-refractivity contribution in [3.05, 3.63) is 0 Å². The fourth-order valence-electron chi connectivity index (χ4n) is 3.40. The Kier molecular flexibility index (Phi) is 23.0. The molecule has 20 heteroatoms. The van der Waals surface area contributed by atoms with E-state index in [9.17, 15) is 29.4 Å². The van der Waals surface area contributed by atoms with Crippen molar-refractivity contribution in [2.45, 2.75) is 94.1 Å². The number of nitrogens with two attached hydrogens (primary N) is 2. The van der Waals surface area contributed by atoms with Gasteiger partial charge in [-0.1, -0.05) is 43.2 Å². The molecule has 270 valence electrons. The van der Waals surface area contributed by atoms with Crippen LogP contribution in [0.2, 0.25) is 0 Å². The Morgan fingerprint density at radius 3 is 1.70 bits per heavy atom. The number of hydrogen-bond acceptors (Lipinski definition) is 17. The van der Waals surface area contributed by atoms with E-state index in [0.717, 1.165) is 0 Å². The molecule has 0 aliphatic rings. The van der Waals surface area contributed by atoms with Crippen molar-refractivity contribution in [3.63, 3.8) is 0 Å². The van der Waals surface area contributed by atoms with Crippen molar-refractivity contribution in [1.82, 2.24) is 21.6 Å². The molecule has 6 atom stereocenters. The fourth-order valence-corrected chi connectivity index (χ4v) is 8.36. The highest BCUT2D eigenvalue weighted by Crippen LogP contribution is 2.38. The number of carboxylic acids is 2. The Hall–Kier alpha value is -0.880. The topological polar surface area (TPSA) is 268 Å². The minimum Gasteiger partial charge on any atom is -0.480 e. The van der Waals surface area contributed by atoms with Gasteiger partial charge in [0.25, 0.3) is 0 Å². The molecule has 0 saturated heterocycles. The van der Waals surface area contributed by atoms with Crippen LogP contribution in [0.4, 0.5) is 0 Å². The van der Waals surface area contributed by atoms with E-state index in [1.807, 2.05) is 0 Å². The van der Waals surface area contributed by atoms with Gasteiger partial charge < -0.3 is 47.3 Å². The van der Waals surface area contributed by atoms with Crippen molar-refractivity contribution in [2.24, 2.45) is 17.4 Å². The number of carboxylic acid groups (broad SMARTS) is 2. The number of carbonyl (C=O) groups is 4. The van der Waals surface area contributed by atoms with E-state index in [4.69, 9.17) is 31.4 Å². The molecule has 16 nitrogen and oxygen atoms in total. The van der Waals surface area contributed by atoms with Crippen LogP contribution in [-0.4, -0.2) is 122 Å². The summed E-state index contributed by atoms with van der Waals surface area (Å²) in [7, 11) is 7.08. The molecule has 0 saturated carbocycles. The number of hydroxylamine groups is 2. The number of carbonyl (C=O) groups excluding carboxylic acids is 2. The number of hydrogen-bond donors (Lipinski definition) is 10. The standard InChI is InChI=1S/C26H52N6O10S4/c1-15(33)7-8-17(24(40)42-31-10-12-44-46-26(4,5)20(28)22(37)38)32-18(34)13-16(14-29-6)23(39)41-30-9-11-43-45-25(2,3)19(27)21(35)36/h16-17,19-20,23-24,29-31,39-40H,7-14,27-28H2,1-6H3,(H,32,34)(H,35,36)(H,37,38)/t16?,17?,19-,20-,23?,24?/m1/s1. The molecule has 0 aliphatic carbocycles. The summed E-state index contributed by atoms with van der Waals surface area (Å²) in [5.74, 6) is -2.49. The van der Waals surface area contributed by atoms with E-state index in [1.165, 1.54) is 50.1 Å². The van der Waals surface area contributed by atoms with E-state index in [0.29, 0.717) is 18.1 Å². The second kappa shape index (κ2) is 23.5. The van der Waals surface area contributed by atoms with Gasteiger partial charge in [-0.05, 0) is 48.1 Å². The van der Waals surface area contributed by atoms with Gasteiger partial charge in [-0.2, -0.15) is 11.0 Å². The molecule has 0 spiro atoms. The molecule has 4 unspecified atom stereocenters. The van der Waals surface area contributed by atoms with Gasteiger partial charge in [0.2, 0.25) is 5.91 Å². The molecular formula is C26H52N6O10S4.